The van der Waals surface area contributed by atoms with Crippen LogP contribution >= 0.6 is 0 Å². The van der Waals surface area contributed by atoms with Crippen LogP contribution in [0.1, 0.15) is 10.4 Å². The van der Waals surface area contributed by atoms with Crippen molar-refractivity contribution < 1.29 is 4.79 Å². The maximum absolute atomic E-state index is 12.2. The average Bonchev–Trinajstić information content (AvgIpc) is 2.66. The maximum atomic E-state index is 12.2. The van der Waals surface area contributed by atoms with E-state index >= 15 is 0 Å². The van der Waals surface area contributed by atoms with E-state index in [4.69, 9.17) is 11.5 Å². The van der Waals surface area contributed by atoms with Gasteiger partial charge in [0, 0.05) is 30.8 Å². The minimum absolute atomic E-state index is 0.254. The Morgan fingerprint density at radius 2 is 2.19 bits per heavy atom. The van der Waals surface area contributed by atoms with Crippen LogP contribution in [0.5, 0.6) is 0 Å². The molecule has 2 aromatic rings. The SMILES string of the molecule is C=C/C=C(C=Nc1cc(NC(=O)c2cccnc2)ccc1N)\C=C/CN. The molecule has 0 spiro atoms. The number of rotatable bonds is 7. The molecule has 0 bridgehead atoms. The van der Waals surface area contributed by atoms with Gasteiger partial charge in [-0.1, -0.05) is 30.9 Å². The predicted molar refractivity (Wildman–Crippen MR) is 108 cm³/mol. The van der Waals surface area contributed by atoms with Crippen molar-refractivity contribution >= 4 is 29.2 Å². The topological polar surface area (TPSA) is 106 Å². The number of carbonyl (C=O) groups is 1. The Balaban J connectivity index is 2.20. The van der Waals surface area contributed by atoms with E-state index in [0.29, 0.717) is 29.2 Å². The van der Waals surface area contributed by atoms with E-state index < -0.39 is 0 Å². The molecule has 1 aromatic heterocycles. The zero-order valence-corrected chi connectivity index (χ0v) is 14.3. The Morgan fingerprint density at radius 3 is 2.88 bits per heavy atom. The lowest BCUT2D eigenvalue weighted by Gasteiger charge is -2.07. The number of hydrogen-bond acceptors (Lipinski definition) is 5. The second kappa shape index (κ2) is 9.71. The molecule has 26 heavy (non-hydrogen) atoms. The van der Waals surface area contributed by atoms with Crippen molar-refractivity contribution in [2.24, 2.45) is 10.7 Å². The summed E-state index contributed by atoms with van der Waals surface area (Å²) in [6.45, 7) is 4.11. The molecule has 1 amide bonds. The normalized spacial score (nSPS) is 11.8. The van der Waals surface area contributed by atoms with E-state index in [2.05, 4.69) is 21.9 Å². The second-order valence-corrected chi connectivity index (χ2v) is 5.27. The molecule has 132 valence electrons. The monoisotopic (exact) mass is 347 g/mol. The number of hydrogen-bond donors (Lipinski definition) is 3. The molecule has 0 aliphatic carbocycles. The lowest BCUT2D eigenvalue weighted by Crippen LogP contribution is -2.11. The van der Waals surface area contributed by atoms with Gasteiger partial charge in [-0.25, -0.2) is 0 Å². The maximum Gasteiger partial charge on any atom is 0.257 e. The fourth-order valence-corrected chi connectivity index (χ4v) is 2.06. The van der Waals surface area contributed by atoms with Crippen molar-refractivity contribution in [1.82, 2.24) is 4.98 Å². The van der Waals surface area contributed by atoms with Crippen molar-refractivity contribution in [3.63, 3.8) is 0 Å². The number of aromatic nitrogens is 1. The van der Waals surface area contributed by atoms with Crippen LogP contribution in [0.25, 0.3) is 0 Å². The summed E-state index contributed by atoms with van der Waals surface area (Å²) in [5, 5.41) is 2.80. The zero-order valence-electron chi connectivity index (χ0n) is 14.3. The first kappa shape index (κ1) is 18.8. The summed E-state index contributed by atoms with van der Waals surface area (Å²) in [4.78, 5) is 20.6. The van der Waals surface area contributed by atoms with Gasteiger partial charge >= 0.3 is 0 Å². The first-order chi connectivity index (χ1) is 12.6. The Hall–Kier alpha value is -3.51. The molecule has 6 heteroatoms. The van der Waals surface area contributed by atoms with Crippen molar-refractivity contribution in [1.29, 1.82) is 0 Å². The molecule has 0 unspecified atom stereocenters. The standard InChI is InChI=1S/C20H21N5O/c1-2-5-15(6-3-10-21)13-24-19-12-17(8-9-18(19)22)25-20(26)16-7-4-11-23-14-16/h2-9,11-14H,1,10,21-22H2,(H,25,26)/b6-3-,15-5+,24-13?. The van der Waals surface area contributed by atoms with E-state index in [1.165, 1.54) is 6.20 Å². The molecule has 0 aliphatic heterocycles. The summed E-state index contributed by atoms with van der Waals surface area (Å²) in [7, 11) is 0. The van der Waals surface area contributed by atoms with Gasteiger partial charge in [0.15, 0.2) is 0 Å². The first-order valence-electron chi connectivity index (χ1n) is 7.98. The van der Waals surface area contributed by atoms with Gasteiger partial charge in [0.2, 0.25) is 0 Å². The van der Waals surface area contributed by atoms with Gasteiger partial charge in [-0.2, -0.15) is 0 Å². The average molecular weight is 347 g/mol. The Morgan fingerprint density at radius 1 is 1.35 bits per heavy atom. The highest BCUT2D eigenvalue weighted by atomic mass is 16.1. The lowest BCUT2D eigenvalue weighted by atomic mass is 10.2. The number of pyridine rings is 1. The predicted octanol–water partition coefficient (Wildman–Crippen LogP) is 3.25. The van der Waals surface area contributed by atoms with Crippen LogP contribution < -0.4 is 16.8 Å². The van der Waals surface area contributed by atoms with E-state index in [0.717, 1.165) is 5.57 Å². The molecule has 0 radical (unpaired) electrons. The molecule has 1 heterocycles. The Bertz CT molecular complexity index is 854. The number of benzene rings is 1. The van der Waals surface area contributed by atoms with E-state index in [1.54, 1.807) is 54.9 Å². The molecular weight excluding hydrogens is 326 g/mol. The van der Waals surface area contributed by atoms with Crippen LogP contribution in [0.4, 0.5) is 17.1 Å². The minimum Gasteiger partial charge on any atom is -0.397 e. The quantitative estimate of drug-likeness (QED) is 0.406. The number of carbonyl (C=O) groups excluding carboxylic acids is 1. The van der Waals surface area contributed by atoms with Crippen molar-refractivity contribution in [2.75, 3.05) is 17.6 Å². The molecule has 0 fully saturated rings. The lowest BCUT2D eigenvalue weighted by molar-refractivity contribution is 0.102. The van der Waals surface area contributed by atoms with Gasteiger partial charge in [0.05, 0.1) is 16.9 Å². The summed E-state index contributed by atoms with van der Waals surface area (Å²) in [5.41, 5.74) is 14.4. The number of allylic oxidation sites excluding steroid dienone is 4. The van der Waals surface area contributed by atoms with Crippen LogP contribution in [0.15, 0.2) is 84.2 Å². The second-order valence-electron chi connectivity index (χ2n) is 5.27. The molecule has 0 atom stereocenters. The smallest absolute Gasteiger partial charge is 0.257 e. The third-order valence-corrected chi connectivity index (χ3v) is 3.32. The van der Waals surface area contributed by atoms with E-state index in [9.17, 15) is 4.79 Å². The number of nitrogens with two attached hydrogens (primary N) is 2. The number of nitrogens with one attached hydrogen (secondary N) is 1. The summed E-state index contributed by atoms with van der Waals surface area (Å²) in [6.07, 6.45) is 11.9. The van der Waals surface area contributed by atoms with Gasteiger partial charge in [0.1, 0.15) is 0 Å². The summed E-state index contributed by atoms with van der Waals surface area (Å²) < 4.78 is 0. The van der Waals surface area contributed by atoms with Gasteiger partial charge in [-0.15, -0.1) is 0 Å². The minimum atomic E-state index is -0.254. The fourth-order valence-electron chi connectivity index (χ4n) is 2.06. The van der Waals surface area contributed by atoms with E-state index in [-0.39, 0.29) is 5.91 Å². The van der Waals surface area contributed by atoms with Crippen LogP contribution in [-0.4, -0.2) is 23.7 Å². The van der Waals surface area contributed by atoms with Gasteiger partial charge in [0.25, 0.3) is 5.91 Å². The van der Waals surface area contributed by atoms with Gasteiger partial charge in [-0.05, 0) is 35.9 Å². The van der Waals surface area contributed by atoms with Crippen LogP contribution in [0.2, 0.25) is 0 Å². The molecule has 6 nitrogen and oxygen atoms in total. The molecular formula is C20H21N5O. The molecule has 5 N–H and O–H groups in total. The first-order valence-corrected chi connectivity index (χ1v) is 7.98. The Labute approximate surface area is 152 Å². The highest BCUT2D eigenvalue weighted by Gasteiger charge is 2.07. The number of nitrogens with zero attached hydrogens (tertiary/aromatic N) is 2. The molecule has 0 saturated carbocycles. The number of aliphatic imine (C=N–C) groups is 1. The zero-order chi connectivity index (χ0) is 18.8. The summed E-state index contributed by atoms with van der Waals surface area (Å²) >= 11 is 0. The Kier molecular flexibility index (Phi) is 7.03. The van der Waals surface area contributed by atoms with Crippen LogP contribution in [0, 0.1) is 0 Å². The molecule has 2 rings (SSSR count). The number of anilines is 2. The third-order valence-electron chi connectivity index (χ3n) is 3.32. The number of nitrogen functional groups attached to an aromatic ring is 1. The largest absolute Gasteiger partial charge is 0.397 e. The third kappa shape index (κ3) is 5.54. The molecule has 0 saturated heterocycles. The van der Waals surface area contributed by atoms with Crippen molar-refractivity contribution in [2.45, 2.75) is 0 Å². The molecule has 1 aromatic carbocycles. The van der Waals surface area contributed by atoms with Crippen LogP contribution in [-0.2, 0) is 0 Å². The highest BCUT2D eigenvalue weighted by Crippen LogP contribution is 2.26. The van der Waals surface area contributed by atoms with Gasteiger partial charge < -0.3 is 16.8 Å². The highest BCUT2D eigenvalue weighted by molar-refractivity contribution is 6.04. The van der Waals surface area contributed by atoms with E-state index in [1.807, 2.05) is 12.2 Å². The molecule has 0 aliphatic rings. The summed E-state index contributed by atoms with van der Waals surface area (Å²) in [6, 6.07) is 8.51. The van der Waals surface area contributed by atoms with Crippen molar-refractivity contribution in [3.05, 3.63) is 84.7 Å². The van der Waals surface area contributed by atoms with Gasteiger partial charge in [-0.3, -0.25) is 14.8 Å². The van der Waals surface area contributed by atoms with Crippen molar-refractivity contribution in [3.8, 4) is 0 Å². The summed E-state index contributed by atoms with van der Waals surface area (Å²) in [5.74, 6) is -0.254. The van der Waals surface area contributed by atoms with Crippen LogP contribution in [0.3, 0.4) is 0 Å². The number of amides is 1. The fraction of sp³-hybridized carbons (Fsp3) is 0.0500.